The summed E-state index contributed by atoms with van der Waals surface area (Å²) in [6.45, 7) is 8.03. The van der Waals surface area contributed by atoms with E-state index in [4.69, 9.17) is 4.74 Å². The molecule has 1 N–H and O–H groups in total. The molecule has 118 valence electrons. The molecular formula is C17H27NO3. The summed E-state index contributed by atoms with van der Waals surface area (Å²) in [6.07, 6.45) is -0.108. The number of ether oxygens (including phenoxy) is 1. The van der Waals surface area contributed by atoms with E-state index >= 15 is 0 Å². The Balaban J connectivity index is 2.80. The highest BCUT2D eigenvalue weighted by atomic mass is 16.5. The highest BCUT2D eigenvalue weighted by molar-refractivity contribution is 5.77. The molecule has 0 aliphatic carbocycles. The Kier molecular flexibility index (Phi) is 6.69. The lowest BCUT2D eigenvalue weighted by Crippen LogP contribution is -2.41. The molecule has 21 heavy (non-hydrogen) atoms. The number of nitrogens with zero attached hydrogens (tertiary/aromatic N) is 1. The third-order valence-electron chi connectivity index (χ3n) is 3.56. The summed E-state index contributed by atoms with van der Waals surface area (Å²) in [6, 6.07) is 7.86. The van der Waals surface area contributed by atoms with E-state index in [9.17, 15) is 9.90 Å². The number of carbonyl (C=O) groups is 1. The molecule has 0 radical (unpaired) electrons. The van der Waals surface area contributed by atoms with Crippen LogP contribution in [-0.4, -0.2) is 41.7 Å². The lowest BCUT2D eigenvalue weighted by atomic mass is 9.96. The van der Waals surface area contributed by atoms with Gasteiger partial charge in [0.05, 0.1) is 13.2 Å². The normalized spacial score (nSPS) is 13.9. The third-order valence-corrected chi connectivity index (χ3v) is 3.56. The molecule has 0 aliphatic heterocycles. The Morgan fingerprint density at radius 3 is 2.38 bits per heavy atom. The first-order valence-corrected chi connectivity index (χ1v) is 7.47. The Hall–Kier alpha value is -1.55. The minimum atomic E-state index is -0.516. The summed E-state index contributed by atoms with van der Waals surface area (Å²) in [4.78, 5) is 14.2. The number of methoxy groups -OCH3 is 1. The van der Waals surface area contributed by atoms with E-state index in [1.54, 1.807) is 18.9 Å². The maximum Gasteiger partial charge on any atom is 0.223 e. The van der Waals surface area contributed by atoms with Crippen LogP contribution in [0.1, 0.15) is 45.6 Å². The van der Waals surface area contributed by atoms with E-state index in [0.29, 0.717) is 13.0 Å². The Labute approximate surface area is 127 Å². The maximum absolute atomic E-state index is 12.5. The summed E-state index contributed by atoms with van der Waals surface area (Å²) in [5.41, 5.74) is 1.04. The van der Waals surface area contributed by atoms with Gasteiger partial charge in [0.2, 0.25) is 5.91 Å². The van der Waals surface area contributed by atoms with Gasteiger partial charge in [-0.3, -0.25) is 4.79 Å². The summed E-state index contributed by atoms with van der Waals surface area (Å²) in [7, 11) is 1.64. The van der Waals surface area contributed by atoms with Gasteiger partial charge in [-0.25, -0.2) is 0 Å². The summed E-state index contributed by atoms with van der Waals surface area (Å²) in [5.74, 6) is 0.942. The number of hydrogen-bond acceptors (Lipinski definition) is 3. The van der Waals surface area contributed by atoms with Crippen LogP contribution < -0.4 is 4.74 Å². The average molecular weight is 293 g/mol. The van der Waals surface area contributed by atoms with Crippen molar-refractivity contribution in [2.24, 2.45) is 0 Å². The van der Waals surface area contributed by atoms with Crippen LogP contribution in [0.5, 0.6) is 5.75 Å². The minimum absolute atomic E-state index is 0.0595. The van der Waals surface area contributed by atoms with Gasteiger partial charge >= 0.3 is 0 Å². The molecule has 1 amide bonds. The van der Waals surface area contributed by atoms with Crippen LogP contribution in [0.4, 0.5) is 0 Å². The van der Waals surface area contributed by atoms with Crippen LogP contribution in [0, 0.1) is 0 Å². The Morgan fingerprint density at radius 1 is 1.24 bits per heavy atom. The zero-order valence-corrected chi connectivity index (χ0v) is 13.7. The van der Waals surface area contributed by atoms with Crippen LogP contribution in [0.2, 0.25) is 0 Å². The van der Waals surface area contributed by atoms with E-state index in [1.165, 1.54) is 0 Å². The molecule has 0 aromatic heterocycles. The third kappa shape index (κ3) is 5.05. The predicted octanol–water partition coefficient (Wildman–Crippen LogP) is 2.81. The number of rotatable bonds is 7. The lowest BCUT2D eigenvalue weighted by Gasteiger charge is -2.29. The number of para-hydroxylation sites is 1. The first-order valence-electron chi connectivity index (χ1n) is 7.47. The van der Waals surface area contributed by atoms with Gasteiger partial charge in [-0.1, -0.05) is 25.1 Å². The van der Waals surface area contributed by atoms with Gasteiger partial charge in [-0.2, -0.15) is 0 Å². The van der Waals surface area contributed by atoms with Crippen molar-refractivity contribution in [2.75, 3.05) is 13.7 Å². The van der Waals surface area contributed by atoms with Crippen LogP contribution in [0.3, 0.4) is 0 Å². The molecule has 0 bridgehead atoms. The minimum Gasteiger partial charge on any atom is -0.496 e. The monoisotopic (exact) mass is 293 g/mol. The zero-order chi connectivity index (χ0) is 16.0. The highest BCUT2D eigenvalue weighted by Gasteiger charge is 2.22. The van der Waals surface area contributed by atoms with Crippen molar-refractivity contribution in [3.63, 3.8) is 0 Å². The molecule has 0 aliphatic rings. The van der Waals surface area contributed by atoms with Crippen molar-refractivity contribution >= 4 is 5.91 Å². The molecule has 2 unspecified atom stereocenters. The van der Waals surface area contributed by atoms with Crippen molar-refractivity contribution in [3.05, 3.63) is 29.8 Å². The van der Waals surface area contributed by atoms with Crippen molar-refractivity contribution in [2.45, 2.75) is 52.2 Å². The van der Waals surface area contributed by atoms with Gasteiger partial charge < -0.3 is 14.7 Å². The van der Waals surface area contributed by atoms with Crippen molar-refractivity contribution in [1.29, 1.82) is 0 Å². The second kappa shape index (κ2) is 8.03. The first kappa shape index (κ1) is 17.5. The fourth-order valence-electron chi connectivity index (χ4n) is 2.45. The molecule has 0 saturated heterocycles. The highest BCUT2D eigenvalue weighted by Crippen LogP contribution is 2.29. The van der Waals surface area contributed by atoms with Crippen molar-refractivity contribution < 1.29 is 14.6 Å². The quantitative estimate of drug-likeness (QED) is 0.841. The topological polar surface area (TPSA) is 49.8 Å². The first-order chi connectivity index (χ1) is 9.86. The summed E-state index contributed by atoms with van der Waals surface area (Å²) in [5, 5.41) is 9.54. The number of aliphatic hydroxyl groups excluding tert-OH is 1. The van der Waals surface area contributed by atoms with E-state index in [2.05, 4.69) is 0 Å². The van der Waals surface area contributed by atoms with Gasteiger partial charge in [0.25, 0.3) is 0 Å². The molecule has 1 rings (SSSR count). The fourth-order valence-corrected chi connectivity index (χ4v) is 2.45. The molecule has 1 aromatic rings. The van der Waals surface area contributed by atoms with Crippen molar-refractivity contribution in [1.82, 2.24) is 4.90 Å². The smallest absolute Gasteiger partial charge is 0.223 e. The number of aliphatic hydroxyl groups is 1. The SMILES string of the molecule is COc1ccccc1C(C)CC(=O)N(CC(C)O)C(C)C. The fraction of sp³-hybridized carbons (Fsp3) is 0.588. The van der Waals surface area contributed by atoms with E-state index in [0.717, 1.165) is 11.3 Å². The predicted molar refractivity (Wildman–Crippen MR) is 84.6 cm³/mol. The molecule has 4 heteroatoms. The standard InChI is InChI=1S/C17H27NO3/c1-12(2)18(11-14(4)19)17(20)10-13(3)15-8-6-7-9-16(15)21-5/h6-9,12-14,19H,10-11H2,1-5H3. The molecule has 2 atom stereocenters. The van der Waals surface area contributed by atoms with Gasteiger partial charge in [0.1, 0.15) is 5.75 Å². The second-order valence-corrected chi connectivity index (χ2v) is 5.84. The lowest BCUT2D eigenvalue weighted by molar-refractivity contribution is -0.134. The molecular weight excluding hydrogens is 266 g/mol. The van der Waals surface area contributed by atoms with Crippen LogP contribution in [0.15, 0.2) is 24.3 Å². The summed E-state index contributed by atoms with van der Waals surface area (Å²) >= 11 is 0. The molecule has 4 nitrogen and oxygen atoms in total. The Bertz CT molecular complexity index is 457. The number of hydrogen-bond donors (Lipinski definition) is 1. The Morgan fingerprint density at radius 2 is 1.86 bits per heavy atom. The number of carbonyl (C=O) groups excluding carboxylic acids is 1. The maximum atomic E-state index is 12.5. The van der Waals surface area contributed by atoms with Gasteiger partial charge in [-0.15, -0.1) is 0 Å². The largest absolute Gasteiger partial charge is 0.496 e. The number of benzene rings is 1. The van der Waals surface area contributed by atoms with E-state index < -0.39 is 6.10 Å². The zero-order valence-electron chi connectivity index (χ0n) is 13.7. The van der Waals surface area contributed by atoms with Crippen LogP contribution >= 0.6 is 0 Å². The van der Waals surface area contributed by atoms with Crippen LogP contribution in [-0.2, 0) is 4.79 Å². The second-order valence-electron chi connectivity index (χ2n) is 5.84. The summed E-state index contributed by atoms with van der Waals surface area (Å²) < 4.78 is 5.36. The van der Waals surface area contributed by atoms with Crippen molar-refractivity contribution in [3.8, 4) is 5.75 Å². The van der Waals surface area contributed by atoms with E-state index in [1.807, 2.05) is 45.0 Å². The molecule has 0 spiro atoms. The van der Waals surface area contributed by atoms with Gasteiger partial charge in [0.15, 0.2) is 0 Å². The van der Waals surface area contributed by atoms with Crippen LogP contribution in [0.25, 0.3) is 0 Å². The molecule has 0 fully saturated rings. The van der Waals surface area contributed by atoms with Gasteiger partial charge in [0, 0.05) is 19.0 Å². The molecule has 0 heterocycles. The number of amides is 1. The van der Waals surface area contributed by atoms with E-state index in [-0.39, 0.29) is 17.9 Å². The molecule has 0 saturated carbocycles. The van der Waals surface area contributed by atoms with Gasteiger partial charge in [-0.05, 0) is 38.3 Å². The molecule has 1 aromatic carbocycles. The average Bonchev–Trinajstić information content (AvgIpc) is 2.43.